The van der Waals surface area contributed by atoms with E-state index in [1.54, 1.807) is 0 Å². The molecule has 0 aliphatic carbocycles. The zero-order valence-corrected chi connectivity index (χ0v) is 26.7. The lowest BCUT2D eigenvalue weighted by atomic mass is 9.81. The van der Waals surface area contributed by atoms with Crippen LogP contribution in [-0.4, -0.2) is 39.7 Å². The van der Waals surface area contributed by atoms with Gasteiger partial charge >= 0.3 is 0 Å². The van der Waals surface area contributed by atoms with Gasteiger partial charge in [0.05, 0.1) is 17.1 Å². The van der Waals surface area contributed by atoms with Crippen LogP contribution >= 0.6 is 24.0 Å². The third-order valence-electron chi connectivity index (χ3n) is 8.66. The van der Waals surface area contributed by atoms with Crippen molar-refractivity contribution in [3.8, 4) is 0 Å². The Bertz CT molecular complexity index is 1530. The Morgan fingerprint density at radius 3 is 2.49 bits per heavy atom. The molecule has 3 aliphatic rings. The molecule has 5 nitrogen and oxygen atoms in total. The number of ketones is 1. The molecule has 2 aromatic rings. The average molecular weight is 586 g/mol. The van der Waals surface area contributed by atoms with Crippen molar-refractivity contribution in [1.29, 1.82) is 0 Å². The number of benzene rings is 2. The van der Waals surface area contributed by atoms with E-state index in [0.717, 1.165) is 35.5 Å². The van der Waals surface area contributed by atoms with Gasteiger partial charge in [-0.3, -0.25) is 19.5 Å². The molecule has 7 heteroatoms. The third kappa shape index (κ3) is 5.46. The lowest BCUT2D eigenvalue weighted by Crippen LogP contribution is -2.34. The summed E-state index contributed by atoms with van der Waals surface area (Å²) in [5.41, 5.74) is 7.46. The van der Waals surface area contributed by atoms with Crippen LogP contribution < -0.4 is 4.90 Å². The maximum absolute atomic E-state index is 13.4. The molecule has 1 fully saturated rings. The first-order valence-corrected chi connectivity index (χ1v) is 15.6. The van der Waals surface area contributed by atoms with Crippen molar-refractivity contribution < 1.29 is 9.59 Å². The number of allylic oxidation sites excluding steroid dienone is 3. The van der Waals surface area contributed by atoms with Crippen molar-refractivity contribution in [3.63, 3.8) is 0 Å². The Hall–Kier alpha value is -3.03. The summed E-state index contributed by atoms with van der Waals surface area (Å²) in [6, 6.07) is 14.6. The number of fused-ring (bicyclic) bond motifs is 2. The molecule has 0 radical (unpaired) electrons. The number of para-hydroxylation sites is 1. The van der Waals surface area contributed by atoms with Gasteiger partial charge < -0.3 is 4.90 Å². The predicted octanol–water partition coefficient (Wildman–Crippen LogP) is 7.65. The zero-order valence-electron chi connectivity index (χ0n) is 25.1. The Balaban J connectivity index is 1.32. The Morgan fingerprint density at radius 1 is 1.02 bits per heavy atom. The fourth-order valence-electron chi connectivity index (χ4n) is 5.84. The monoisotopic (exact) mass is 585 g/mol. The second kappa shape index (κ2) is 11.0. The molecule has 5 rings (SSSR count). The number of hydrogen-bond acceptors (Lipinski definition) is 6. The average Bonchev–Trinajstić information content (AvgIpc) is 3.40. The second-order valence-electron chi connectivity index (χ2n) is 12.7. The fourth-order valence-corrected chi connectivity index (χ4v) is 7.04. The van der Waals surface area contributed by atoms with Crippen LogP contribution in [0.3, 0.4) is 0 Å². The zero-order chi connectivity index (χ0) is 29.7. The molecule has 0 spiro atoms. The smallest absolute Gasteiger partial charge is 0.266 e. The Labute approximate surface area is 253 Å². The normalized spacial score (nSPS) is 20.8. The van der Waals surface area contributed by atoms with Gasteiger partial charge in [0.2, 0.25) is 0 Å². The van der Waals surface area contributed by atoms with E-state index in [2.05, 4.69) is 87.8 Å². The Morgan fingerprint density at radius 2 is 1.76 bits per heavy atom. The molecule has 214 valence electrons. The number of amides is 1. The summed E-state index contributed by atoms with van der Waals surface area (Å²) in [6.45, 7) is 16.2. The number of thioether (sulfide) groups is 1. The molecule has 41 heavy (non-hydrogen) atoms. The number of anilines is 1. The molecule has 1 saturated heterocycles. The van der Waals surface area contributed by atoms with Crippen LogP contribution in [0.5, 0.6) is 0 Å². The summed E-state index contributed by atoms with van der Waals surface area (Å²) in [4.78, 5) is 35.6. The van der Waals surface area contributed by atoms with Crippen LogP contribution in [0.15, 0.2) is 70.2 Å². The van der Waals surface area contributed by atoms with Crippen molar-refractivity contribution >= 4 is 57.1 Å². The third-order valence-corrected chi connectivity index (χ3v) is 10.1. The molecular weight excluding hydrogens is 547 g/mol. The first-order chi connectivity index (χ1) is 19.3. The highest BCUT2D eigenvalue weighted by atomic mass is 32.2. The highest BCUT2D eigenvalue weighted by molar-refractivity contribution is 8.26. The molecule has 0 atom stereocenters. The van der Waals surface area contributed by atoms with Gasteiger partial charge in [-0.1, -0.05) is 95.9 Å². The minimum atomic E-state index is -0.202. The first-order valence-electron chi connectivity index (χ1n) is 14.3. The lowest BCUT2D eigenvalue weighted by Gasteiger charge is -2.27. The number of nitrogens with zero attached hydrogens (tertiary/aromatic N) is 3. The van der Waals surface area contributed by atoms with Gasteiger partial charge in [-0.15, -0.1) is 0 Å². The van der Waals surface area contributed by atoms with Crippen molar-refractivity contribution in [3.05, 3.63) is 81.9 Å². The van der Waals surface area contributed by atoms with Crippen molar-refractivity contribution in [1.82, 2.24) is 4.90 Å². The topological polar surface area (TPSA) is 53.0 Å². The van der Waals surface area contributed by atoms with Crippen LogP contribution in [0.25, 0.3) is 0 Å². The Kier molecular flexibility index (Phi) is 7.90. The summed E-state index contributed by atoms with van der Waals surface area (Å²) >= 11 is 6.83. The van der Waals surface area contributed by atoms with Crippen LogP contribution in [0, 0.1) is 5.92 Å². The van der Waals surface area contributed by atoms with Gasteiger partial charge in [-0.2, -0.15) is 0 Å². The highest BCUT2D eigenvalue weighted by Crippen LogP contribution is 2.48. The van der Waals surface area contributed by atoms with Crippen molar-refractivity contribution in [2.75, 3.05) is 18.0 Å². The molecule has 0 bridgehead atoms. The quantitative estimate of drug-likeness (QED) is 0.235. The molecule has 0 saturated carbocycles. The van der Waals surface area contributed by atoms with Crippen molar-refractivity contribution in [2.24, 2.45) is 10.9 Å². The van der Waals surface area contributed by atoms with E-state index in [0.29, 0.717) is 15.1 Å². The number of carbonyl (C=O) groups excluding carboxylic acids is 2. The van der Waals surface area contributed by atoms with Gasteiger partial charge in [-0.05, 0) is 60.2 Å². The van der Waals surface area contributed by atoms with Gasteiger partial charge in [0.25, 0.3) is 5.91 Å². The summed E-state index contributed by atoms with van der Waals surface area (Å²) in [5.74, 6) is 0.342. The van der Waals surface area contributed by atoms with Crippen LogP contribution in [-0.2, 0) is 26.8 Å². The molecule has 0 unspecified atom stereocenters. The molecule has 2 aromatic carbocycles. The van der Waals surface area contributed by atoms with Crippen molar-refractivity contribution in [2.45, 2.75) is 72.1 Å². The first kappa shape index (κ1) is 29.5. The van der Waals surface area contributed by atoms with E-state index in [9.17, 15) is 9.59 Å². The largest absolute Gasteiger partial charge is 0.344 e. The number of hydrogen-bond donors (Lipinski definition) is 0. The number of aliphatic imine (C=N–C) groups is 1. The van der Waals surface area contributed by atoms with E-state index in [4.69, 9.17) is 12.2 Å². The van der Waals surface area contributed by atoms with E-state index in [1.807, 2.05) is 25.1 Å². The minimum absolute atomic E-state index is 0.0218. The summed E-state index contributed by atoms with van der Waals surface area (Å²) in [5, 5.41) is 0. The SMILES string of the molecule is CC1=Nc2ccc(CC(=O)CN3C(=O)/C(=C\C=C4/N(CCC(C)C)c5ccccc5C4(C)C)SC3=S)cc2C1(C)C. The van der Waals surface area contributed by atoms with E-state index >= 15 is 0 Å². The fraction of sp³-hybridized carbons (Fsp3) is 0.412. The number of thiocarbonyl (C=S) groups is 1. The van der Waals surface area contributed by atoms with E-state index in [1.165, 1.54) is 33.6 Å². The predicted molar refractivity (Wildman–Crippen MR) is 175 cm³/mol. The maximum atomic E-state index is 13.4. The number of rotatable bonds is 8. The van der Waals surface area contributed by atoms with Crippen LogP contribution in [0.1, 0.15) is 71.6 Å². The molecular formula is C34H39N3O2S2. The van der Waals surface area contributed by atoms with Gasteiger partial charge in [0.1, 0.15) is 4.32 Å². The lowest BCUT2D eigenvalue weighted by molar-refractivity contribution is -0.127. The molecule has 0 aromatic heterocycles. The molecule has 3 aliphatic heterocycles. The highest BCUT2D eigenvalue weighted by Gasteiger charge is 2.40. The summed E-state index contributed by atoms with van der Waals surface area (Å²) in [6.07, 6.45) is 5.28. The summed E-state index contributed by atoms with van der Waals surface area (Å²) < 4.78 is 0.428. The number of carbonyl (C=O) groups is 2. The molecule has 3 heterocycles. The maximum Gasteiger partial charge on any atom is 0.266 e. The van der Waals surface area contributed by atoms with Crippen LogP contribution in [0.4, 0.5) is 11.4 Å². The van der Waals surface area contributed by atoms with E-state index in [-0.39, 0.29) is 35.5 Å². The second-order valence-corrected chi connectivity index (χ2v) is 14.4. The molecule has 0 N–H and O–H groups in total. The van der Waals surface area contributed by atoms with Crippen LogP contribution in [0.2, 0.25) is 0 Å². The minimum Gasteiger partial charge on any atom is -0.344 e. The summed E-state index contributed by atoms with van der Waals surface area (Å²) in [7, 11) is 0. The molecule has 1 amide bonds. The van der Waals surface area contributed by atoms with Gasteiger partial charge in [-0.25, -0.2) is 0 Å². The standard InChI is InChI=1S/C34H39N3O2S2/c1-21(2)16-17-36-28-11-9-8-10-25(28)34(6,7)30(36)15-14-29-31(39)37(32(40)41-29)20-24(38)18-23-12-13-27-26(19-23)33(4,5)22(3)35-27/h8-15,19,21H,16-18,20H2,1-7H3/b29-14+,30-15-. The number of Topliss-reactive ketones (excluding diaryl/α,β-unsaturated/α-hetero) is 1. The van der Waals surface area contributed by atoms with Gasteiger partial charge in [0.15, 0.2) is 5.78 Å². The van der Waals surface area contributed by atoms with E-state index < -0.39 is 0 Å². The van der Waals surface area contributed by atoms with Gasteiger partial charge in [0, 0.05) is 40.9 Å².